The van der Waals surface area contributed by atoms with Gasteiger partial charge in [0.1, 0.15) is 17.2 Å². The smallest absolute Gasteiger partial charge is 0.198 e. The summed E-state index contributed by atoms with van der Waals surface area (Å²) in [4.78, 5) is 27.2. The Morgan fingerprint density at radius 3 is 1.88 bits per heavy atom. The summed E-state index contributed by atoms with van der Waals surface area (Å²) in [6.07, 6.45) is 0. The molecule has 0 radical (unpaired) electrons. The highest BCUT2D eigenvalue weighted by atomic mass is 35.5. The molecule has 1 aliphatic rings. The van der Waals surface area contributed by atoms with Gasteiger partial charge in [0, 0.05) is 11.1 Å². The summed E-state index contributed by atoms with van der Waals surface area (Å²) in [5, 5.41) is 0.257. The Bertz CT molecular complexity index is 1440. The van der Waals surface area contributed by atoms with Crippen molar-refractivity contribution in [3.8, 4) is 23.0 Å². The first-order valence-corrected chi connectivity index (χ1v) is 10.8. The number of aryl methyl sites for hydroxylation is 2. The Hall–Kier alpha value is -3.89. The molecule has 5 heteroatoms. The van der Waals surface area contributed by atoms with E-state index in [-0.39, 0.29) is 44.6 Å². The molecular formula is C28H19ClO4. The number of carbonyl (C=O) groups excluding carboxylic acids is 2. The Labute approximate surface area is 196 Å². The van der Waals surface area contributed by atoms with Crippen LogP contribution in [-0.2, 0) is 0 Å². The van der Waals surface area contributed by atoms with Crippen molar-refractivity contribution in [2.45, 2.75) is 13.8 Å². The van der Waals surface area contributed by atoms with Gasteiger partial charge in [-0.2, -0.15) is 0 Å². The summed E-state index contributed by atoms with van der Waals surface area (Å²) in [6, 6.07) is 23.1. The van der Waals surface area contributed by atoms with Crippen LogP contribution < -0.4 is 9.47 Å². The maximum Gasteiger partial charge on any atom is 0.198 e. The predicted octanol–water partition coefficient (Wildman–Crippen LogP) is 7.32. The van der Waals surface area contributed by atoms with Crippen molar-refractivity contribution in [2.75, 3.05) is 0 Å². The van der Waals surface area contributed by atoms with E-state index in [1.165, 1.54) is 0 Å². The monoisotopic (exact) mass is 454 g/mol. The van der Waals surface area contributed by atoms with Gasteiger partial charge in [0.15, 0.2) is 17.3 Å². The minimum atomic E-state index is -0.334. The number of hydrogen-bond acceptors (Lipinski definition) is 4. The van der Waals surface area contributed by atoms with Crippen molar-refractivity contribution >= 4 is 23.2 Å². The Balaban J connectivity index is 1.61. The molecule has 0 aliphatic heterocycles. The molecule has 0 saturated heterocycles. The zero-order valence-corrected chi connectivity index (χ0v) is 18.8. The molecule has 0 spiro atoms. The number of fused-ring (bicyclic) bond motifs is 2. The van der Waals surface area contributed by atoms with Crippen LogP contribution in [0.1, 0.15) is 43.0 Å². The maximum atomic E-state index is 13.6. The maximum absolute atomic E-state index is 13.6. The molecule has 0 aromatic heterocycles. The van der Waals surface area contributed by atoms with Crippen molar-refractivity contribution in [3.05, 3.63) is 117 Å². The van der Waals surface area contributed by atoms with Crippen molar-refractivity contribution in [2.24, 2.45) is 0 Å². The Morgan fingerprint density at radius 1 is 0.636 bits per heavy atom. The first kappa shape index (κ1) is 21.0. The summed E-state index contributed by atoms with van der Waals surface area (Å²) >= 11 is 6.43. The van der Waals surface area contributed by atoms with E-state index in [1.54, 1.807) is 36.4 Å². The molecule has 0 N–H and O–H groups in total. The van der Waals surface area contributed by atoms with E-state index in [0.29, 0.717) is 17.2 Å². The molecule has 0 saturated carbocycles. The predicted molar refractivity (Wildman–Crippen MR) is 127 cm³/mol. The number of rotatable bonds is 4. The van der Waals surface area contributed by atoms with E-state index in [0.717, 1.165) is 11.1 Å². The van der Waals surface area contributed by atoms with Crippen molar-refractivity contribution in [3.63, 3.8) is 0 Å². The first-order valence-electron chi connectivity index (χ1n) is 10.5. The van der Waals surface area contributed by atoms with Gasteiger partial charge in [-0.3, -0.25) is 9.59 Å². The van der Waals surface area contributed by atoms with Crippen molar-refractivity contribution in [1.29, 1.82) is 0 Å². The largest absolute Gasteiger partial charge is 0.457 e. The highest BCUT2D eigenvalue weighted by molar-refractivity contribution is 6.36. The van der Waals surface area contributed by atoms with Crippen LogP contribution in [0.2, 0.25) is 5.02 Å². The third-order valence-corrected chi connectivity index (χ3v) is 5.80. The molecular weight excluding hydrogens is 436 g/mol. The van der Waals surface area contributed by atoms with Crippen molar-refractivity contribution in [1.82, 2.24) is 0 Å². The molecule has 0 fully saturated rings. The van der Waals surface area contributed by atoms with Crippen LogP contribution in [0.25, 0.3) is 0 Å². The van der Waals surface area contributed by atoms with Gasteiger partial charge in [-0.05, 0) is 67.4 Å². The fraction of sp³-hybridized carbons (Fsp3) is 0.0714. The molecule has 0 bridgehead atoms. The minimum Gasteiger partial charge on any atom is -0.457 e. The highest BCUT2D eigenvalue weighted by Gasteiger charge is 2.36. The number of hydrogen-bond donors (Lipinski definition) is 0. The highest BCUT2D eigenvalue weighted by Crippen LogP contribution is 2.42. The fourth-order valence-corrected chi connectivity index (χ4v) is 4.18. The minimum absolute atomic E-state index is 0.161. The zero-order valence-electron chi connectivity index (χ0n) is 18.0. The van der Waals surface area contributed by atoms with Crippen LogP contribution in [0.5, 0.6) is 23.0 Å². The van der Waals surface area contributed by atoms with Gasteiger partial charge in [0.2, 0.25) is 0 Å². The third-order valence-electron chi connectivity index (χ3n) is 5.51. The molecule has 4 aromatic carbocycles. The van der Waals surface area contributed by atoms with Crippen LogP contribution in [0.4, 0.5) is 0 Å². The molecule has 0 heterocycles. The first-order chi connectivity index (χ1) is 15.9. The fourth-order valence-electron chi connectivity index (χ4n) is 3.98. The molecule has 0 unspecified atom stereocenters. The Morgan fingerprint density at radius 2 is 1.21 bits per heavy atom. The standard InChI is InChI=1S/C28H19ClO4/c1-16-6-3-8-18(14-16)32-23-11-5-10-20-24(23)26(30)21-12-13-22(29)28(25(21)27(20)31)33-19-9-4-7-17(2)15-19/h3-15H,1-2H3. The summed E-state index contributed by atoms with van der Waals surface area (Å²) < 4.78 is 12.0. The summed E-state index contributed by atoms with van der Waals surface area (Å²) in [7, 11) is 0. The quantitative estimate of drug-likeness (QED) is 0.285. The van der Waals surface area contributed by atoms with Crippen LogP contribution in [0.15, 0.2) is 78.9 Å². The van der Waals surface area contributed by atoms with E-state index in [1.807, 2.05) is 56.3 Å². The summed E-state index contributed by atoms with van der Waals surface area (Å²) in [5.41, 5.74) is 2.92. The number of ketones is 2. The topological polar surface area (TPSA) is 52.6 Å². The molecule has 0 atom stereocenters. The molecule has 4 nitrogen and oxygen atoms in total. The van der Waals surface area contributed by atoms with E-state index >= 15 is 0 Å². The summed E-state index contributed by atoms with van der Waals surface area (Å²) in [6.45, 7) is 3.90. The third kappa shape index (κ3) is 3.79. The number of ether oxygens (including phenoxy) is 2. The van der Waals surface area contributed by atoms with Crippen LogP contribution in [-0.4, -0.2) is 11.6 Å². The van der Waals surface area contributed by atoms with E-state index in [4.69, 9.17) is 21.1 Å². The molecule has 5 rings (SSSR count). The SMILES string of the molecule is Cc1cccc(Oc2cccc3c2C(=O)c2ccc(Cl)c(Oc4cccc(C)c4)c2C3=O)c1. The second-order valence-corrected chi connectivity index (χ2v) is 8.38. The number of halogens is 1. The van der Waals surface area contributed by atoms with E-state index < -0.39 is 0 Å². The number of carbonyl (C=O) groups is 2. The van der Waals surface area contributed by atoms with Gasteiger partial charge in [0.05, 0.1) is 16.1 Å². The Kier molecular flexibility index (Phi) is 5.23. The van der Waals surface area contributed by atoms with E-state index in [9.17, 15) is 9.59 Å². The average Bonchev–Trinajstić information content (AvgIpc) is 2.79. The van der Waals surface area contributed by atoms with Crippen LogP contribution in [0.3, 0.4) is 0 Å². The lowest BCUT2D eigenvalue weighted by molar-refractivity contribution is 0.0975. The zero-order chi connectivity index (χ0) is 23.1. The summed E-state index contributed by atoms with van der Waals surface area (Å²) in [5.74, 6) is 0.988. The average molecular weight is 455 g/mol. The lowest BCUT2D eigenvalue weighted by Crippen LogP contribution is -2.22. The van der Waals surface area contributed by atoms with Gasteiger partial charge in [-0.15, -0.1) is 0 Å². The molecule has 4 aromatic rings. The van der Waals surface area contributed by atoms with Crippen LogP contribution in [0, 0.1) is 13.8 Å². The molecule has 162 valence electrons. The van der Waals surface area contributed by atoms with Gasteiger partial charge in [-0.25, -0.2) is 0 Å². The van der Waals surface area contributed by atoms with Gasteiger partial charge in [-0.1, -0.05) is 48.0 Å². The second-order valence-electron chi connectivity index (χ2n) is 7.97. The van der Waals surface area contributed by atoms with E-state index in [2.05, 4.69) is 0 Å². The molecule has 0 amide bonds. The normalized spacial score (nSPS) is 12.2. The van der Waals surface area contributed by atoms with Crippen LogP contribution >= 0.6 is 11.6 Å². The van der Waals surface area contributed by atoms with Gasteiger partial charge in [0.25, 0.3) is 0 Å². The lowest BCUT2D eigenvalue weighted by atomic mass is 9.83. The van der Waals surface area contributed by atoms with Gasteiger partial charge >= 0.3 is 0 Å². The second kappa shape index (κ2) is 8.23. The van der Waals surface area contributed by atoms with Crippen molar-refractivity contribution < 1.29 is 19.1 Å². The molecule has 33 heavy (non-hydrogen) atoms. The lowest BCUT2D eigenvalue weighted by Gasteiger charge is -2.23. The number of benzene rings is 4. The molecule has 1 aliphatic carbocycles. The van der Waals surface area contributed by atoms with Gasteiger partial charge < -0.3 is 9.47 Å².